The van der Waals surface area contributed by atoms with Gasteiger partial charge in [0.2, 0.25) is 5.82 Å². The molecule has 12 nitrogen and oxygen atoms in total. The molecule has 1 atom stereocenters. The number of aromatic amines is 1. The average molecular weight is 518 g/mol. The molecule has 188 valence electrons. The molecule has 0 saturated heterocycles. The minimum Gasteiger partial charge on any atom is -0.347 e. The molecule has 1 aliphatic rings. The van der Waals surface area contributed by atoms with Gasteiger partial charge >= 0.3 is 0 Å². The first kappa shape index (κ1) is 24.2. The zero-order valence-electron chi connectivity index (χ0n) is 20.1. The Hall–Kier alpha value is -4.52. The Morgan fingerprint density at radius 1 is 1.11 bits per heavy atom. The van der Waals surface area contributed by atoms with Crippen molar-refractivity contribution in [3.8, 4) is 11.4 Å². The van der Waals surface area contributed by atoms with Crippen molar-refractivity contribution < 1.29 is 14.4 Å². The van der Waals surface area contributed by atoms with Crippen LogP contribution in [0.5, 0.6) is 0 Å². The van der Waals surface area contributed by atoms with Crippen LogP contribution in [0, 0.1) is 0 Å². The maximum atomic E-state index is 12.9. The molecule has 0 fully saturated rings. The largest absolute Gasteiger partial charge is 0.347 e. The third-order valence-corrected chi connectivity index (χ3v) is 6.95. The molecule has 3 amide bonds. The van der Waals surface area contributed by atoms with Crippen molar-refractivity contribution in [2.75, 3.05) is 14.1 Å². The van der Waals surface area contributed by atoms with Crippen LogP contribution in [0.25, 0.3) is 11.4 Å². The van der Waals surface area contributed by atoms with Crippen LogP contribution >= 0.6 is 11.3 Å². The molecular weight excluding hydrogens is 494 g/mol. The van der Waals surface area contributed by atoms with E-state index in [1.807, 2.05) is 23.6 Å². The van der Waals surface area contributed by atoms with E-state index in [2.05, 4.69) is 41.2 Å². The summed E-state index contributed by atoms with van der Waals surface area (Å²) in [5, 5.41) is 21.6. The molecule has 4 aromatic rings. The molecule has 0 radical (unpaired) electrons. The predicted molar refractivity (Wildman–Crippen MR) is 134 cm³/mol. The van der Waals surface area contributed by atoms with Crippen molar-refractivity contribution in [3.05, 3.63) is 75.0 Å². The Bertz CT molecular complexity index is 1470. The zero-order chi connectivity index (χ0) is 25.9. The molecule has 0 saturated carbocycles. The highest BCUT2D eigenvalue weighted by atomic mass is 32.1. The van der Waals surface area contributed by atoms with Gasteiger partial charge in [0.05, 0.1) is 10.9 Å². The van der Waals surface area contributed by atoms with E-state index in [0.717, 1.165) is 35.1 Å². The topological polar surface area (TPSA) is 159 Å². The van der Waals surface area contributed by atoms with E-state index in [-0.39, 0.29) is 35.8 Å². The first-order valence-corrected chi connectivity index (χ1v) is 12.3. The maximum Gasteiger partial charge on any atom is 0.270 e. The Balaban J connectivity index is 1.21. The van der Waals surface area contributed by atoms with Crippen molar-refractivity contribution in [2.24, 2.45) is 0 Å². The fourth-order valence-electron chi connectivity index (χ4n) is 4.10. The number of carbonyl (C=O) groups is 3. The lowest BCUT2D eigenvalue weighted by Crippen LogP contribution is -2.29. The number of amides is 3. The number of carbonyl (C=O) groups excluding carboxylic acids is 3. The predicted octanol–water partition coefficient (Wildman–Crippen LogP) is 1.77. The molecule has 0 bridgehead atoms. The summed E-state index contributed by atoms with van der Waals surface area (Å²) in [6.07, 6.45) is 2.74. The molecule has 0 spiro atoms. The van der Waals surface area contributed by atoms with Crippen LogP contribution in [-0.4, -0.2) is 67.3 Å². The van der Waals surface area contributed by atoms with Gasteiger partial charge in [-0.2, -0.15) is 5.21 Å². The van der Waals surface area contributed by atoms with Gasteiger partial charge in [0.1, 0.15) is 17.7 Å². The number of benzene rings is 1. The number of aryl methyl sites for hydroxylation is 1. The number of H-pyrrole nitrogens is 1. The van der Waals surface area contributed by atoms with Crippen LogP contribution in [0.15, 0.2) is 42.0 Å². The summed E-state index contributed by atoms with van der Waals surface area (Å²) in [6, 6.07) is 8.80. The van der Waals surface area contributed by atoms with E-state index in [9.17, 15) is 14.4 Å². The molecular formula is C24H23N9O3S. The van der Waals surface area contributed by atoms with Crippen molar-refractivity contribution in [1.82, 2.24) is 46.1 Å². The summed E-state index contributed by atoms with van der Waals surface area (Å²) in [7, 11) is 3.37. The number of fused-ring (bicyclic) bond motifs is 1. The molecule has 5 rings (SSSR count). The van der Waals surface area contributed by atoms with Gasteiger partial charge in [-0.1, -0.05) is 12.1 Å². The summed E-state index contributed by atoms with van der Waals surface area (Å²) >= 11 is 1.32. The van der Waals surface area contributed by atoms with Crippen molar-refractivity contribution in [3.63, 3.8) is 0 Å². The minimum atomic E-state index is -0.441. The standard InChI is InChI=1S/C24H23N9O3S/c1-33(2)24(36)20-7-13(11-37-20)10-25-22(34)18-9-19(27-12-26-18)23(35)28-17-6-4-14-8-15(3-5-16(14)17)21-29-31-32-30-21/h3,5,7-9,11-12,17H,4,6,10H2,1-2H3,(H,25,34)(H,28,35)(H,29,30,31,32)/t17-/m0/s1. The van der Waals surface area contributed by atoms with Gasteiger partial charge in [-0.25, -0.2) is 9.97 Å². The number of aromatic nitrogens is 6. The van der Waals surface area contributed by atoms with E-state index >= 15 is 0 Å². The van der Waals surface area contributed by atoms with Gasteiger partial charge < -0.3 is 15.5 Å². The van der Waals surface area contributed by atoms with Crippen LogP contribution in [0.2, 0.25) is 0 Å². The van der Waals surface area contributed by atoms with Gasteiger partial charge in [0.25, 0.3) is 17.7 Å². The number of thiophene rings is 1. The molecule has 3 N–H and O–H groups in total. The highest BCUT2D eigenvalue weighted by Crippen LogP contribution is 2.33. The second-order valence-electron chi connectivity index (χ2n) is 8.70. The molecule has 13 heteroatoms. The molecule has 0 unspecified atom stereocenters. The van der Waals surface area contributed by atoms with Crippen LogP contribution in [0.3, 0.4) is 0 Å². The number of hydrogen-bond donors (Lipinski definition) is 3. The lowest BCUT2D eigenvalue weighted by molar-refractivity contribution is 0.0831. The lowest BCUT2D eigenvalue weighted by atomic mass is 10.0. The van der Waals surface area contributed by atoms with E-state index in [0.29, 0.717) is 10.7 Å². The van der Waals surface area contributed by atoms with Gasteiger partial charge in [-0.3, -0.25) is 14.4 Å². The number of tetrazole rings is 1. The molecule has 0 aliphatic heterocycles. The van der Waals surface area contributed by atoms with Gasteiger partial charge in [0.15, 0.2) is 0 Å². The first-order chi connectivity index (χ1) is 17.9. The Kier molecular flexibility index (Phi) is 6.68. The van der Waals surface area contributed by atoms with Gasteiger partial charge in [-0.05, 0) is 52.3 Å². The number of rotatable bonds is 7. The Labute approximate surface area is 215 Å². The zero-order valence-corrected chi connectivity index (χ0v) is 20.9. The van der Waals surface area contributed by atoms with Crippen molar-refractivity contribution >= 4 is 29.1 Å². The highest BCUT2D eigenvalue weighted by Gasteiger charge is 2.26. The number of nitrogens with zero attached hydrogens (tertiary/aromatic N) is 6. The Morgan fingerprint density at radius 3 is 2.68 bits per heavy atom. The van der Waals surface area contributed by atoms with E-state index in [1.54, 1.807) is 20.2 Å². The number of hydrogen-bond acceptors (Lipinski definition) is 9. The number of nitrogens with one attached hydrogen (secondary N) is 3. The minimum absolute atomic E-state index is 0.0801. The summed E-state index contributed by atoms with van der Waals surface area (Å²) in [6.45, 7) is 0.228. The third-order valence-electron chi connectivity index (χ3n) is 5.99. The van der Waals surface area contributed by atoms with Crippen LogP contribution in [0.1, 0.15) is 59.8 Å². The third kappa shape index (κ3) is 5.21. The van der Waals surface area contributed by atoms with E-state index in [1.165, 1.54) is 28.6 Å². The molecule has 3 aromatic heterocycles. The smallest absolute Gasteiger partial charge is 0.270 e. The lowest BCUT2D eigenvalue weighted by Gasteiger charge is -2.14. The summed E-state index contributed by atoms with van der Waals surface area (Å²) in [5.74, 6) is -0.403. The van der Waals surface area contributed by atoms with E-state index in [4.69, 9.17) is 0 Å². The molecule has 1 aromatic carbocycles. The fraction of sp³-hybridized carbons (Fsp3) is 0.250. The molecule has 1 aliphatic carbocycles. The van der Waals surface area contributed by atoms with E-state index < -0.39 is 5.91 Å². The van der Waals surface area contributed by atoms with Crippen LogP contribution in [-0.2, 0) is 13.0 Å². The second kappa shape index (κ2) is 10.2. The van der Waals surface area contributed by atoms with Crippen molar-refractivity contribution in [1.29, 1.82) is 0 Å². The molecule has 37 heavy (non-hydrogen) atoms. The second-order valence-corrected chi connectivity index (χ2v) is 9.61. The van der Waals surface area contributed by atoms with Crippen molar-refractivity contribution in [2.45, 2.75) is 25.4 Å². The fourth-order valence-corrected chi connectivity index (χ4v) is 5.03. The summed E-state index contributed by atoms with van der Waals surface area (Å²) < 4.78 is 0. The molecule has 3 heterocycles. The maximum absolute atomic E-state index is 12.9. The van der Waals surface area contributed by atoms with Crippen LogP contribution in [0.4, 0.5) is 0 Å². The van der Waals surface area contributed by atoms with Gasteiger partial charge in [0, 0.05) is 32.3 Å². The first-order valence-electron chi connectivity index (χ1n) is 11.5. The quantitative estimate of drug-likeness (QED) is 0.334. The summed E-state index contributed by atoms with van der Waals surface area (Å²) in [4.78, 5) is 47.8. The van der Waals surface area contributed by atoms with Crippen LogP contribution < -0.4 is 10.6 Å². The highest BCUT2D eigenvalue weighted by molar-refractivity contribution is 7.12. The normalized spacial score (nSPS) is 14.2. The Morgan fingerprint density at radius 2 is 1.92 bits per heavy atom. The summed E-state index contributed by atoms with van der Waals surface area (Å²) in [5.41, 5.74) is 3.98. The SMILES string of the molecule is CN(C)C(=O)c1cc(CNC(=O)c2cc(C(=O)N[C@H]3CCc4cc(-c5nn[nH]n5)ccc43)ncn2)cs1. The van der Waals surface area contributed by atoms with Gasteiger partial charge in [-0.15, -0.1) is 21.5 Å². The monoisotopic (exact) mass is 517 g/mol. The average Bonchev–Trinajstić information content (AvgIpc) is 3.68.